The number of halogens is 2. The van der Waals surface area contributed by atoms with Crippen LogP contribution in [0.4, 0.5) is 10.1 Å². The van der Waals surface area contributed by atoms with E-state index in [-0.39, 0.29) is 11.1 Å². The molecule has 0 aliphatic heterocycles. The van der Waals surface area contributed by atoms with Gasteiger partial charge in [0.2, 0.25) is 0 Å². The molecule has 1 heterocycles. The monoisotopic (exact) mass is 319 g/mol. The summed E-state index contributed by atoms with van der Waals surface area (Å²) < 4.78 is 14.5. The lowest BCUT2D eigenvalue weighted by molar-refractivity contribution is 0.628. The third kappa shape index (κ3) is 2.76. The van der Waals surface area contributed by atoms with Gasteiger partial charge in [-0.1, -0.05) is 29.8 Å². The fourth-order valence-electron chi connectivity index (χ4n) is 2.51. The fourth-order valence-corrected chi connectivity index (χ4v) is 3.90. The number of fused-ring (bicyclic) bond motifs is 1. The molecule has 2 aromatic carbocycles. The van der Waals surface area contributed by atoms with Crippen LogP contribution in [-0.4, -0.2) is 0 Å². The van der Waals surface area contributed by atoms with Gasteiger partial charge in [0.05, 0.1) is 11.1 Å². The molecule has 0 amide bonds. The van der Waals surface area contributed by atoms with Crippen molar-refractivity contribution in [2.45, 2.75) is 19.9 Å². The first-order valence-corrected chi connectivity index (χ1v) is 7.95. The van der Waals surface area contributed by atoms with E-state index < -0.39 is 5.82 Å². The maximum absolute atomic E-state index is 13.2. The third-order valence-corrected chi connectivity index (χ3v) is 5.32. The average molecular weight is 320 g/mol. The quantitative estimate of drug-likeness (QED) is 0.608. The van der Waals surface area contributed by atoms with Crippen LogP contribution in [0.5, 0.6) is 0 Å². The number of thiophene rings is 1. The molecule has 1 nitrogen and oxygen atoms in total. The normalized spacial score (nSPS) is 12.6. The van der Waals surface area contributed by atoms with Crippen LogP contribution in [-0.2, 0) is 0 Å². The standard InChI is InChI=1S/C17H15ClFNS/c1-10-13-5-3-4-6-16(13)21-17(10)11(2)20-12-7-8-15(19)14(18)9-12/h3-9,11,20H,1-2H3. The van der Waals surface area contributed by atoms with E-state index in [1.54, 1.807) is 23.5 Å². The lowest BCUT2D eigenvalue weighted by Gasteiger charge is -2.15. The third-order valence-electron chi connectivity index (χ3n) is 3.58. The first-order valence-electron chi connectivity index (χ1n) is 6.76. The van der Waals surface area contributed by atoms with E-state index in [0.717, 1.165) is 5.69 Å². The summed E-state index contributed by atoms with van der Waals surface area (Å²) in [6, 6.07) is 13.3. The van der Waals surface area contributed by atoms with Crippen LogP contribution in [0.2, 0.25) is 5.02 Å². The van der Waals surface area contributed by atoms with E-state index >= 15 is 0 Å². The molecule has 3 rings (SSSR count). The van der Waals surface area contributed by atoms with Crippen molar-refractivity contribution in [2.24, 2.45) is 0 Å². The first kappa shape index (κ1) is 14.4. The van der Waals surface area contributed by atoms with Crippen LogP contribution in [0.1, 0.15) is 23.4 Å². The molecule has 1 N–H and O–H groups in total. The Kier molecular flexibility index (Phi) is 3.87. The molecule has 4 heteroatoms. The Morgan fingerprint density at radius 2 is 1.95 bits per heavy atom. The molecule has 0 fully saturated rings. The van der Waals surface area contributed by atoms with E-state index in [2.05, 4.69) is 43.4 Å². The van der Waals surface area contributed by atoms with Crippen LogP contribution < -0.4 is 5.32 Å². The molecular formula is C17H15ClFNS. The minimum absolute atomic E-state index is 0.139. The van der Waals surface area contributed by atoms with Gasteiger partial charge in [0.15, 0.2) is 0 Å². The summed E-state index contributed by atoms with van der Waals surface area (Å²) in [6.07, 6.45) is 0. The predicted octanol–water partition coefficient (Wildman–Crippen LogP) is 6.18. The number of aryl methyl sites for hydroxylation is 1. The second kappa shape index (κ2) is 5.66. The largest absolute Gasteiger partial charge is 0.378 e. The molecule has 1 aromatic heterocycles. The second-order valence-electron chi connectivity index (χ2n) is 5.08. The van der Waals surface area contributed by atoms with Gasteiger partial charge in [0.1, 0.15) is 5.82 Å². The molecule has 0 saturated heterocycles. The molecule has 0 saturated carbocycles. The summed E-state index contributed by atoms with van der Waals surface area (Å²) in [7, 11) is 0. The summed E-state index contributed by atoms with van der Waals surface area (Å²) >= 11 is 7.62. The number of hydrogen-bond donors (Lipinski definition) is 1. The van der Waals surface area contributed by atoms with Crippen molar-refractivity contribution in [3.05, 3.63) is 63.7 Å². The van der Waals surface area contributed by atoms with Crippen molar-refractivity contribution in [1.82, 2.24) is 0 Å². The Morgan fingerprint density at radius 1 is 1.19 bits per heavy atom. The summed E-state index contributed by atoms with van der Waals surface area (Å²) in [4.78, 5) is 1.29. The van der Waals surface area contributed by atoms with Crippen molar-refractivity contribution in [3.8, 4) is 0 Å². The molecule has 0 aliphatic carbocycles. The first-order chi connectivity index (χ1) is 10.1. The topological polar surface area (TPSA) is 12.0 Å². The van der Waals surface area contributed by atoms with Crippen LogP contribution >= 0.6 is 22.9 Å². The van der Waals surface area contributed by atoms with E-state index in [4.69, 9.17) is 11.6 Å². The zero-order valence-corrected chi connectivity index (χ0v) is 13.4. The summed E-state index contributed by atoms with van der Waals surface area (Å²) in [5.74, 6) is -0.395. The number of benzene rings is 2. The Morgan fingerprint density at radius 3 is 2.67 bits per heavy atom. The van der Waals surface area contributed by atoms with Crippen molar-refractivity contribution < 1.29 is 4.39 Å². The zero-order chi connectivity index (χ0) is 15.0. The molecule has 0 radical (unpaired) electrons. The Bertz CT molecular complexity index is 797. The highest BCUT2D eigenvalue weighted by Crippen LogP contribution is 2.36. The molecule has 0 spiro atoms. The Hall–Kier alpha value is -1.58. The van der Waals surface area contributed by atoms with E-state index in [9.17, 15) is 4.39 Å². The van der Waals surface area contributed by atoms with E-state index in [0.29, 0.717) is 0 Å². The van der Waals surface area contributed by atoms with Crippen LogP contribution in [0.3, 0.4) is 0 Å². The van der Waals surface area contributed by atoms with Crippen molar-refractivity contribution in [1.29, 1.82) is 0 Å². The highest BCUT2D eigenvalue weighted by atomic mass is 35.5. The van der Waals surface area contributed by atoms with Crippen LogP contribution in [0, 0.1) is 12.7 Å². The van der Waals surface area contributed by atoms with Gasteiger partial charge in [0.25, 0.3) is 0 Å². The molecule has 1 atom stereocenters. The predicted molar refractivity (Wildman–Crippen MR) is 90.0 cm³/mol. The van der Waals surface area contributed by atoms with Gasteiger partial charge < -0.3 is 5.32 Å². The lowest BCUT2D eigenvalue weighted by atomic mass is 10.1. The van der Waals surface area contributed by atoms with Gasteiger partial charge in [-0.15, -0.1) is 11.3 Å². The molecule has 21 heavy (non-hydrogen) atoms. The van der Waals surface area contributed by atoms with Crippen LogP contribution in [0.15, 0.2) is 42.5 Å². The van der Waals surface area contributed by atoms with Gasteiger partial charge in [-0.25, -0.2) is 4.39 Å². The minimum atomic E-state index is -0.395. The summed E-state index contributed by atoms with van der Waals surface area (Å²) in [5.41, 5.74) is 2.12. The number of rotatable bonds is 3. The molecule has 0 aliphatic rings. The van der Waals surface area contributed by atoms with Gasteiger partial charge in [-0.3, -0.25) is 0 Å². The average Bonchev–Trinajstić information content (AvgIpc) is 2.81. The summed E-state index contributed by atoms with van der Waals surface area (Å²) in [5, 5.41) is 4.82. The smallest absolute Gasteiger partial charge is 0.141 e. The maximum Gasteiger partial charge on any atom is 0.141 e. The van der Waals surface area contributed by atoms with Gasteiger partial charge in [-0.05, 0) is 49.1 Å². The second-order valence-corrected chi connectivity index (χ2v) is 6.57. The lowest BCUT2D eigenvalue weighted by Crippen LogP contribution is -2.06. The fraction of sp³-hybridized carbons (Fsp3) is 0.176. The summed E-state index contributed by atoms with van der Waals surface area (Å²) in [6.45, 7) is 4.25. The molecular weight excluding hydrogens is 305 g/mol. The Labute approximate surface area is 132 Å². The van der Waals surface area contributed by atoms with Crippen molar-refractivity contribution in [3.63, 3.8) is 0 Å². The van der Waals surface area contributed by atoms with Crippen molar-refractivity contribution >= 4 is 38.7 Å². The zero-order valence-electron chi connectivity index (χ0n) is 11.8. The van der Waals surface area contributed by atoms with Gasteiger partial charge in [0, 0.05) is 15.3 Å². The number of hydrogen-bond acceptors (Lipinski definition) is 2. The minimum Gasteiger partial charge on any atom is -0.378 e. The number of nitrogens with one attached hydrogen (secondary N) is 1. The SMILES string of the molecule is Cc1c(C(C)Nc2ccc(F)c(Cl)c2)sc2ccccc12. The van der Waals surface area contributed by atoms with E-state index in [1.807, 2.05) is 0 Å². The van der Waals surface area contributed by atoms with Crippen LogP contribution in [0.25, 0.3) is 10.1 Å². The molecule has 0 bridgehead atoms. The number of anilines is 1. The van der Waals surface area contributed by atoms with Crippen molar-refractivity contribution in [2.75, 3.05) is 5.32 Å². The van der Waals surface area contributed by atoms with Gasteiger partial charge in [-0.2, -0.15) is 0 Å². The highest BCUT2D eigenvalue weighted by molar-refractivity contribution is 7.19. The molecule has 1 unspecified atom stereocenters. The van der Waals surface area contributed by atoms with E-state index in [1.165, 1.54) is 26.6 Å². The Balaban J connectivity index is 1.91. The van der Waals surface area contributed by atoms with Gasteiger partial charge >= 0.3 is 0 Å². The highest BCUT2D eigenvalue weighted by Gasteiger charge is 2.14. The maximum atomic E-state index is 13.2. The molecule has 108 valence electrons. The molecule has 3 aromatic rings.